The number of hydrogen-bond donors (Lipinski definition) is 2. The molecule has 1 aromatic rings. The minimum absolute atomic E-state index is 0.0268. The molecule has 2 atom stereocenters. The van der Waals surface area contributed by atoms with Gasteiger partial charge in [-0.25, -0.2) is 4.98 Å². The average molecular weight is 256 g/mol. The Morgan fingerprint density at radius 1 is 1.82 bits per heavy atom. The quantitative estimate of drug-likeness (QED) is 0.858. The van der Waals surface area contributed by atoms with Gasteiger partial charge in [-0.05, 0) is 20.3 Å². The number of ether oxygens (including phenoxy) is 1. The van der Waals surface area contributed by atoms with Gasteiger partial charge in [-0.3, -0.25) is 4.79 Å². The first-order chi connectivity index (χ1) is 7.99. The van der Waals surface area contributed by atoms with Crippen LogP contribution in [-0.4, -0.2) is 34.3 Å². The number of carbonyl (C=O) groups is 1. The summed E-state index contributed by atoms with van der Waals surface area (Å²) in [4.78, 5) is 14.8. The maximum atomic E-state index is 10.6. The van der Waals surface area contributed by atoms with Gasteiger partial charge in [0.25, 0.3) is 0 Å². The van der Waals surface area contributed by atoms with E-state index in [9.17, 15) is 4.79 Å². The monoisotopic (exact) mass is 256 g/mol. The molecule has 94 valence electrons. The van der Waals surface area contributed by atoms with Gasteiger partial charge in [0, 0.05) is 12.0 Å². The minimum atomic E-state index is -0.856. The van der Waals surface area contributed by atoms with Gasteiger partial charge in [0.1, 0.15) is 0 Å². The lowest BCUT2D eigenvalue weighted by Crippen LogP contribution is -2.41. The van der Waals surface area contributed by atoms with Crippen molar-refractivity contribution in [3.8, 4) is 0 Å². The van der Waals surface area contributed by atoms with E-state index in [1.807, 2.05) is 6.92 Å². The van der Waals surface area contributed by atoms with Crippen LogP contribution in [0.5, 0.6) is 0 Å². The van der Waals surface area contributed by atoms with Gasteiger partial charge in [-0.1, -0.05) is 0 Å². The molecule has 1 saturated heterocycles. The Hall–Kier alpha value is -1.14. The molecule has 0 spiro atoms. The topological polar surface area (TPSA) is 71.5 Å². The first kappa shape index (κ1) is 12.3. The standard InChI is InChI=1S/C11H16N2O3S/c1-7-11(2,3-4-16-7)13-10-12-8(6-17-10)5-9(14)15/h6-7H,3-5H2,1-2H3,(H,12,13)(H,14,15). The Kier molecular flexibility index (Phi) is 3.35. The maximum absolute atomic E-state index is 10.6. The molecular formula is C11H16N2O3S. The van der Waals surface area contributed by atoms with Gasteiger partial charge in [-0.15, -0.1) is 11.3 Å². The molecule has 17 heavy (non-hydrogen) atoms. The van der Waals surface area contributed by atoms with Crippen molar-refractivity contribution in [2.45, 2.75) is 38.3 Å². The second-order valence-corrected chi connectivity index (χ2v) is 5.38. The van der Waals surface area contributed by atoms with E-state index in [1.54, 1.807) is 5.38 Å². The molecule has 1 aliphatic rings. The van der Waals surface area contributed by atoms with E-state index in [0.29, 0.717) is 5.69 Å². The smallest absolute Gasteiger partial charge is 0.309 e. The third kappa shape index (κ3) is 2.76. The number of carboxylic acids is 1. The molecule has 6 heteroatoms. The Morgan fingerprint density at radius 3 is 3.18 bits per heavy atom. The zero-order valence-electron chi connectivity index (χ0n) is 9.90. The third-order valence-electron chi connectivity index (χ3n) is 3.16. The number of carboxylic acid groups (broad SMARTS) is 1. The summed E-state index contributed by atoms with van der Waals surface area (Å²) in [5, 5.41) is 14.6. The molecule has 1 aliphatic heterocycles. The Labute approximate surface area is 104 Å². The molecule has 0 amide bonds. The van der Waals surface area contributed by atoms with Crippen LogP contribution in [0.2, 0.25) is 0 Å². The van der Waals surface area contributed by atoms with Gasteiger partial charge in [0.2, 0.25) is 0 Å². The fourth-order valence-corrected chi connectivity index (χ4v) is 2.69. The van der Waals surface area contributed by atoms with Gasteiger partial charge >= 0.3 is 5.97 Å². The van der Waals surface area contributed by atoms with E-state index in [-0.39, 0.29) is 18.1 Å². The number of aromatic nitrogens is 1. The highest BCUT2D eigenvalue weighted by atomic mass is 32.1. The second-order valence-electron chi connectivity index (χ2n) is 4.52. The number of rotatable bonds is 4. The lowest BCUT2D eigenvalue weighted by molar-refractivity contribution is -0.136. The van der Waals surface area contributed by atoms with E-state index in [4.69, 9.17) is 9.84 Å². The van der Waals surface area contributed by atoms with Crippen LogP contribution in [0.3, 0.4) is 0 Å². The van der Waals surface area contributed by atoms with Crippen molar-refractivity contribution in [3.05, 3.63) is 11.1 Å². The Bertz CT molecular complexity index is 421. The van der Waals surface area contributed by atoms with Gasteiger partial charge in [-0.2, -0.15) is 0 Å². The molecule has 1 aromatic heterocycles. The molecule has 0 radical (unpaired) electrons. The highest BCUT2D eigenvalue weighted by Crippen LogP contribution is 2.30. The van der Waals surface area contributed by atoms with Crippen LogP contribution in [0.25, 0.3) is 0 Å². The predicted octanol–water partition coefficient (Wildman–Crippen LogP) is 1.75. The molecule has 0 aromatic carbocycles. The fraction of sp³-hybridized carbons (Fsp3) is 0.636. The molecule has 0 bridgehead atoms. The molecular weight excluding hydrogens is 240 g/mol. The summed E-state index contributed by atoms with van der Waals surface area (Å²) in [5.74, 6) is -0.856. The van der Waals surface area contributed by atoms with Gasteiger partial charge < -0.3 is 15.2 Å². The van der Waals surface area contributed by atoms with Gasteiger partial charge in [0.15, 0.2) is 5.13 Å². The lowest BCUT2D eigenvalue weighted by Gasteiger charge is -2.28. The van der Waals surface area contributed by atoms with Crippen LogP contribution in [0.1, 0.15) is 26.0 Å². The molecule has 0 aliphatic carbocycles. The third-order valence-corrected chi connectivity index (χ3v) is 3.97. The van der Waals surface area contributed by atoms with E-state index in [0.717, 1.165) is 18.2 Å². The van der Waals surface area contributed by atoms with Crippen molar-refractivity contribution < 1.29 is 14.6 Å². The largest absolute Gasteiger partial charge is 0.481 e. The number of hydrogen-bond acceptors (Lipinski definition) is 5. The maximum Gasteiger partial charge on any atom is 0.309 e. The number of thiazole rings is 1. The summed E-state index contributed by atoms with van der Waals surface area (Å²) in [5.41, 5.74) is 0.485. The molecule has 2 unspecified atom stereocenters. The average Bonchev–Trinajstić information content (AvgIpc) is 2.76. The van der Waals surface area contributed by atoms with Crippen molar-refractivity contribution >= 4 is 22.4 Å². The SMILES string of the molecule is CC1OCCC1(C)Nc1nc(CC(=O)O)cs1. The number of nitrogens with zero attached hydrogens (tertiary/aromatic N) is 1. The van der Waals surface area contributed by atoms with Crippen molar-refractivity contribution in [2.75, 3.05) is 11.9 Å². The van der Waals surface area contributed by atoms with E-state index < -0.39 is 5.97 Å². The summed E-state index contributed by atoms with van der Waals surface area (Å²) in [6.07, 6.45) is 1.04. The van der Waals surface area contributed by atoms with E-state index >= 15 is 0 Å². The van der Waals surface area contributed by atoms with Crippen LogP contribution >= 0.6 is 11.3 Å². The van der Waals surface area contributed by atoms with E-state index in [1.165, 1.54) is 11.3 Å². The fourth-order valence-electron chi connectivity index (χ4n) is 1.84. The number of nitrogens with one attached hydrogen (secondary N) is 1. The summed E-state index contributed by atoms with van der Waals surface area (Å²) in [6.45, 7) is 4.88. The van der Waals surface area contributed by atoms with Crippen molar-refractivity contribution in [1.82, 2.24) is 4.98 Å². The normalized spacial score (nSPS) is 28.2. The zero-order valence-corrected chi connectivity index (χ0v) is 10.7. The van der Waals surface area contributed by atoms with Gasteiger partial charge in [0.05, 0.1) is 23.8 Å². The molecule has 2 N–H and O–H groups in total. The molecule has 5 nitrogen and oxygen atoms in total. The first-order valence-corrected chi connectivity index (χ1v) is 6.43. The predicted molar refractivity (Wildman–Crippen MR) is 65.5 cm³/mol. The zero-order chi connectivity index (χ0) is 12.5. The second kappa shape index (κ2) is 4.62. The summed E-state index contributed by atoms with van der Waals surface area (Å²) in [7, 11) is 0. The molecule has 1 fully saturated rings. The summed E-state index contributed by atoms with van der Waals surface area (Å²) < 4.78 is 5.53. The van der Waals surface area contributed by atoms with Crippen LogP contribution in [-0.2, 0) is 16.0 Å². The highest BCUT2D eigenvalue weighted by Gasteiger charge is 2.37. The van der Waals surface area contributed by atoms with Crippen LogP contribution < -0.4 is 5.32 Å². The van der Waals surface area contributed by atoms with Crippen LogP contribution in [0.4, 0.5) is 5.13 Å². The molecule has 2 rings (SSSR count). The molecule has 2 heterocycles. The number of anilines is 1. The summed E-state index contributed by atoms with van der Waals surface area (Å²) >= 11 is 1.44. The van der Waals surface area contributed by atoms with Crippen molar-refractivity contribution in [1.29, 1.82) is 0 Å². The van der Waals surface area contributed by atoms with Crippen molar-refractivity contribution in [3.63, 3.8) is 0 Å². The summed E-state index contributed by atoms with van der Waals surface area (Å²) in [6, 6.07) is 0. The van der Waals surface area contributed by atoms with E-state index in [2.05, 4.69) is 17.2 Å². The Balaban J connectivity index is 2.03. The lowest BCUT2D eigenvalue weighted by atomic mass is 9.95. The molecule has 0 saturated carbocycles. The first-order valence-electron chi connectivity index (χ1n) is 5.55. The Morgan fingerprint density at radius 2 is 2.59 bits per heavy atom. The number of aliphatic carboxylic acids is 1. The van der Waals surface area contributed by atoms with Crippen LogP contribution in [0, 0.1) is 0 Å². The van der Waals surface area contributed by atoms with Crippen LogP contribution in [0.15, 0.2) is 5.38 Å². The van der Waals surface area contributed by atoms with Crippen molar-refractivity contribution in [2.24, 2.45) is 0 Å². The minimum Gasteiger partial charge on any atom is -0.481 e. The highest BCUT2D eigenvalue weighted by molar-refractivity contribution is 7.13.